The Bertz CT molecular complexity index is 414. The summed E-state index contributed by atoms with van der Waals surface area (Å²) in [6.45, 7) is 3.11. The maximum atomic E-state index is 10.8. The Kier molecular flexibility index (Phi) is 3.52. The van der Waals surface area contributed by atoms with Crippen LogP contribution >= 0.6 is 0 Å². The highest BCUT2D eigenvalue weighted by Gasteiger charge is 2.17. The zero-order chi connectivity index (χ0) is 12.3. The van der Waals surface area contributed by atoms with Gasteiger partial charge in [-0.05, 0) is 30.0 Å². The van der Waals surface area contributed by atoms with E-state index in [1.807, 2.05) is 25.1 Å². The summed E-state index contributed by atoms with van der Waals surface area (Å²) in [4.78, 5) is 10.8. The van der Waals surface area contributed by atoms with Crippen molar-refractivity contribution in [2.75, 3.05) is 13.2 Å². The number of carbonyl (C=O) groups is 1. The van der Waals surface area contributed by atoms with Gasteiger partial charge in [-0.25, -0.2) is 0 Å². The lowest BCUT2D eigenvalue weighted by Gasteiger charge is -2.21. The number of fused-ring (bicyclic) bond motifs is 1. The largest absolute Gasteiger partial charge is 0.486 e. The number of hydrogen-bond acceptors (Lipinski definition) is 3. The lowest BCUT2D eigenvalue weighted by atomic mass is 9.93. The topological polar surface area (TPSA) is 55.8 Å². The average molecular weight is 236 g/mol. The SMILES string of the molecule is CCC(CC(=O)O)c1ccc2c(c1)OCCO2. The van der Waals surface area contributed by atoms with Crippen molar-refractivity contribution in [1.29, 1.82) is 0 Å². The predicted octanol–water partition coefficient (Wildman–Crippen LogP) is 2.43. The summed E-state index contributed by atoms with van der Waals surface area (Å²) in [5.74, 6) is 0.720. The van der Waals surface area contributed by atoms with E-state index in [2.05, 4.69) is 0 Å². The van der Waals surface area contributed by atoms with Crippen LogP contribution < -0.4 is 9.47 Å². The molecule has 1 heterocycles. The molecular formula is C13H16O4. The van der Waals surface area contributed by atoms with Crippen LogP contribution in [0.3, 0.4) is 0 Å². The Morgan fingerprint density at radius 3 is 2.71 bits per heavy atom. The third-order valence-corrected chi connectivity index (χ3v) is 2.95. The molecule has 0 aromatic heterocycles. The van der Waals surface area contributed by atoms with E-state index in [4.69, 9.17) is 14.6 Å². The fourth-order valence-electron chi connectivity index (χ4n) is 2.02. The quantitative estimate of drug-likeness (QED) is 0.872. The molecule has 0 radical (unpaired) electrons. The van der Waals surface area contributed by atoms with Gasteiger partial charge in [0.1, 0.15) is 13.2 Å². The van der Waals surface area contributed by atoms with Gasteiger partial charge in [-0.2, -0.15) is 0 Å². The summed E-state index contributed by atoms with van der Waals surface area (Å²) in [6, 6.07) is 5.67. The minimum Gasteiger partial charge on any atom is -0.486 e. The van der Waals surface area contributed by atoms with Gasteiger partial charge in [0.15, 0.2) is 11.5 Å². The molecule has 0 amide bonds. The van der Waals surface area contributed by atoms with Gasteiger partial charge in [-0.1, -0.05) is 13.0 Å². The summed E-state index contributed by atoms with van der Waals surface area (Å²) >= 11 is 0. The fraction of sp³-hybridized carbons (Fsp3) is 0.462. The average Bonchev–Trinajstić information content (AvgIpc) is 2.35. The molecule has 0 bridgehead atoms. The molecule has 0 spiro atoms. The van der Waals surface area contributed by atoms with Gasteiger partial charge in [0.25, 0.3) is 0 Å². The van der Waals surface area contributed by atoms with E-state index in [0.717, 1.165) is 23.5 Å². The van der Waals surface area contributed by atoms with E-state index in [1.165, 1.54) is 0 Å². The number of rotatable bonds is 4. The van der Waals surface area contributed by atoms with Crippen LogP contribution in [0.2, 0.25) is 0 Å². The molecule has 0 fully saturated rings. The fourth-order valence-corrected chi connectivity index (χ4v) is 2.02. The molecule has 1 unspecified atom stereocenters. The molecule has 1 aromatic carbocycles. The standard InChI is InChI=1S/C13H16O4/c1-2-9(8-13(14)15)10-3-4-11-12(7-10)17-6-5-16-11/h3-4,7,9H,2,5-6,8H2,1H3,(H,14,15). The lowest BCUT2D eigenvalue weighted by molar-refractivity contribution is -0.137. The van der Waals surface area contributed by atoms with Crippen LogP contribution in [0.5, 0.6) is 11.5 Å². The van der Waals surface area contributed by atoms with Crippen LogP contribution in [0.4, 0.5) is 0 Å². The van der Waals surface area contributed by atoms with Gasteiger partial charge < -0.3 is 14.6 Å². The smallest absolute Gasteiger partial charge is 0.303 e. The van der Waals surface area contributed by atoms with Crippen molar-refractivity contribution in [2.24, 2.45) is 0 Å². The number of ether oxygens (including phenoxy) is 2. The highest BCUT2D eigenvalue weighted by Crippen LogP contribution is 2.34. The molecule has 1 aliphatic rings. The maximum Gasteiger partial charge on any atom is 0.303 e. The molecule has 0 aliphatic carbocycles. The summed E-state index contributed by atoms with van der Waals surface area (Å²) in [5, 5.41) is 8.86. The van der Waals surface area contributed by atoms with Crippen molar-refractivity contribution in [3.05, 3.63) is 23.8 Å². The third kappa shape index (κ3) is 2.70. The van der Waals surface area contributed by atoms with Crippen LogP contribution in [0.1, 0.15) is 31.2 Å². The second kappa shape index (κ2) is 5.08. The van der Waals surface area contributed by atoms with Crippen LogP contribution in [0.25, 0.3) is 0 Å². The number of carboxylic acids is 1. The van der Waals surface area contributed by atoms with E-state index in [9.17, 15) is 4.79 Å². The summed E-state index contributed by atoms with van der Waals surface area (Å²) < 4.78 is 10.9. The molecule has 17 heavy (non-hydrogen) atoms. The summed E-state index contributed by atoms with van der Waals surface area (Å²) in [6.07, 6.45) is 0.947. The van der Waals surface area contributed by atoms with Crippen molar-refractivity contribution in [3.63, 3.8) is 0 Å². The van der Waals surface area contributed by atoms with Crippen molar-refractivity contribution < 1.29 is 19.4 Å². The summed E-state index contributed by atoms with van der Waals surface area (Å²) in [5.41, 5.74) is 0.999. The Morgan fingerprint density at radius 1 is 1.35 bits per heavy atom. The van der Waals surface area contributed by atoms with E-state index in [-0.39, 0.29) is 12.3 Å². The normalized spacial score (nSPS) is 15.4. The highest BCUT2D eigenvalue weighted by atomic mass is 16.6. The van der Waals surface area contributed by atoms with Crippen LogP contribution in [-0.2, 0) is 4.79 Å². The minimum absolute atomic E-state index is 0.0309. The van der Waals surface area contributed by atoms with E-state index in [0.29, 0.717) is 13.2 Å². The third-order valence-electron chi connectivity index (χ3n) is 2.95. The molecule has 0 saturated heterocycles. The Balaban J connectivity index is 2.22. The van der Waals surface area contributed by atoms with Gasteiger partial charge >= 0.3 is 5.97 Å². The van der Waals surface area contributed by atoms with Crippen molar-refractivity contribution in [2.45, 2.75) is 25.7 Å². The predicted molar refractivity (Wildman–Crippen MR) is 62.7 cm³/mol. The van der Waals surface area contributed by atoms with Crippen molar-refractivity contribution in [1.82, 2.24) is 0 Å². The Hall–Kier alpha value is -1.71. The minimum atomic E-state index is -0.772. The molecule has 1 atom stereocenters. The van der Waals surface area contributed by atoms with Gasteiger partial charge in [-0.15, -0.1) is 0 Å². The van der Waals surface area contributed by atoms with E-state index >= 15 is 0 Å². The van der Waals surface area contributed by atoms with Crippen molar-refractivity contribution in [3.8, 4) is 11.5 Å². The lowest BCUT2D eigenvalue weighted by Crippen LogP contribution is -2.15. The Labute approximate surface area is 100 Å². The molecular weight excluding hydrogens is 220 g/mol. The molecule has 4 heteroatoms. The highest BCUT2D eigenvalue weighted by molar-refractivity contribution is 5.68. The van der Waals surface area contributed by atoms with Crippen LogP contribution in [0.15, 0.2) is 18.2 Å². The molecule has 2 rings (SSSR count). The zero-order valence-corrected chi connectivity index (χ0v) is 9.81. The van der Waals surface area contributed by atoms with Gasteiger partial charge in [-0.3, -0.25) is 4.79 Å². The Morgan fingerprint density at radius 2 is 2.06 bits per heavy atom. The van der Waals surface area contributed by atoms with Gasteiger partial charge in [0.2, 0.25) is 0 Å². The number of hydrogen-bond donors (Lipinski definition) is 1. The second-order valence-electron chi connectivity index (χ2n) is 4.11. The van der Waals surface area contributed by atoms with E-state index in [1.54, 1.807) is 0 Å². The molecule has 0 saturated carbocycles. The number of aliphatic carboxylic acids is 1. The van der Waals surface area contributed by atoms with Gasteiger partial charge in [0, 0.05) is 0 Å². The molecule has 1 aromatic rings. The first-order valence-corrected chi connectivity index (χ1v) is 5.82. The first kappa shape index (κ1) is 11.8. The first-order chi connectivity index (χ1) is 8.20. The van der Waals surface area contributed by atoms with E-state index < -0.39 is 5.97 Å². The van der Waals surface area contributed by atoms with Crippen LogP contribution in [-0.4, -0.2) is 24.3 Å². The molecule has 4 nitrogen and oxygen atoms in total. The number of benzene rings is 1. The van der Waals surface area contributed by atoms with Gasteiger partial charge in [0.05, 0.1) is 6.42 Å². The summed E-state index contributed by atoms with van der Waals surface area (Å²) in [7, 11) is 0. The maximum absolute atomic E-state index is 10.8. The molecule has 1 aliphatic heterocycles. The monoisotopic (exact) mass is 236 g/mol. The molecule has 1 N–H and O–H groups in total. The van der Waals surface area contributed by atoms with Crippen molar-refractivity contribution >= 4 is 5.97 Å². The second-order valence-corrected chi connectivity index (χ2v) is 4.11. The number of carboxylic acid groups (broad SMARTS) is 1. The molecule has 92 valence electrons. The first-order valence-electron chi connectivity index (χ1n) is 5.82. The zero-order valence-electron chi connectivity index (χ0n) is 9.81. The van der Waals surface area contributed by atoms with Crippen LogP contribution in [0, 0.1) is 0 Å².